The molecule has 3 aliphatic rings. The monoisotopic (exact) mass is 185 g/mol. The van der Waals surface area contributed by atoms with Crippen molar-refractivity contribution in [3.8, 4) is 0 Å². The van der Waals surface area contributed by atoms with E-state index in [9.17, 15) is 4.79 Å². The molecule has 0 atom stereocenters. The molecule has 2 heterocycles. The molecule has 0 aromatic heterocycles. The van der Waals surface area contributed by atoms with E-state index in [1.807, 2.05) is 0 Å². The highest BCUT2D eigenvalue weighted by Gasteiger charge is 2.61. The van der Waals surface area contributed by atoms with E-state index >= 15 is 0 Å². The maximum Gasteiger partial charge on any atom is 0.323 e. The van der Waals surface area contributed by atoms with Crippen molar-refractivity contribution in [3.05, 3.63) is 0 Å². The predicted molar refractivity (Wildman–Crippen MR) is 46.5 cm³/mol. The van der Waals surface area contributed by atoms with Crippen LogP contribution in [0.15, 0.2) is 0 Å². The van der Waals surface area contributed by atoms with Gasteiger partial charge in [0, 0.05) is 7.11 Å². The predicted octanol–water partition coefficient (Wildman–Crippen LogP) is 0.230. The Morgan fingerprint density at radius 3 is 2.85 bits per heavy atom. The van der Waals surface area contributed by atoms with Crippen molar-refractivity contribution in [2.75, 3.05) is 20.3 Å². The van der Waals surface area contributed by atoms with Gasteiger partial charge in [0.15, 0.2) is 0 Å². The Labute approximate surface area is 77.3 Å². The van der Waals surface area contributed by atoms with Crippen LogP contribution >= 0.6 is 0 Å². The Morgan fingerprint density at radius 1 is 1.62 bits per heavy atom. The van der Waals surface area contributed by atoms with Crippen LogP contribution in [0, 0.1) is 5.41 Å². The molecular formula is C9H15NO3. The normalized spacial score (nSPS) is 42.5. The first-order valence-corrected chi connectivity index (χ1v) is 4.60. The number of carboxylic acid groups (broad SMARTS) is 1. The molecule has 2 aliphatic heterocycles. The van der Waals surface area contributed by atoms with Gasteiger partial charge in [-0.2, -0.15) is 0 Å². The second-order valence-electron chi connectivity index (χ2n) is 4.35. The summed E-state index contributed by atoms with van der Waals surface area (Å²) in [5, 5.41) is 12.1. The Morgan fingerprint density at radius 2 is 2.31 bits per heavy atom. The summed E-state index contributed by atoms with van der Waals surface area (Å²) in [6, 6.07) is 0. The van der Waals surface area contributed by atoms with Gasteiger partial charge in [-0.3, -0.25) is 4.79 Å². The summed E-state index contributed by atoms with van der Waals surface area (Å²) in [5.74, 6) is -0.709. The smallest absolute Gasteiger partial charge is 0.323 e. The third-order valence-corrected chi connectivity index (χ3v) is 3.33. The fraction of sp³-hybridized carbons (Fsp3) is 0.889. The number of rotatable bonds is 3. The molecule has 1 saturated carbocycles. The van der Waals surface area contributed by atoms with E-state index in [-0.39, 0.29) is 5.41 Å². The first kappa shape index (κ1) is 8.97. The number of nitrogens with one attached hydrogen (secondary N) is 1. The van der Waals surface area contributed by atoms with Crippen LogP contribution in [0.1, 0.15) is 19.3 Å². The summed E-state index contributed by atoms with van der Waals surface area (Å²) >= 11 is 0. The maximum atomic E-state index is 11.0. The summed E-state index contributed by atoms with van der Waals surface area (Å²) in [6.07, 6.45) is 2.49. The first-order chi connectivity index (χ1) is 6.13. The molecule has 2 saturated heterocycles. The van der Waals surface area contributed by atoms with Crippen LogP contribution in [0.3, 0.4) is 0 Å². The number of carbonyl (C=O) groups is 1. The minimum Gasteiger partial charge on any atom is -0.480 e. The van der Waals surface area contributed by atoms with Crippen molar-refractivity contribution < 1.29 is 14.6 Å². The summed E-state index contributed by atoms with van der Waals surface area (Å²) in [6.45, 7) is 1.50. The van der Waals surface area contributed by atoms with Gasteiger partial charge in [0.2, 0.25) is 0 Å². The van der Waals surface area contributed by atoms with Crippen molar-refractivity contribution in [1.82, 2.24) is 5.32 Å². The number of carboxylic acids is 1. The van der Waals surface area contributed by atoms with Crippen molar-refractivity contribution in [2.24, 2.45) is 5.41 Å². The standard InChI is InChI=1S/C9H15NO3/c1-13-6-8-2-3-10-9(4-8,5-8)7(11)12/h10H,2-6H2,1H3,(H,11,12). The molecule has 2 N–H and O–H groups in total. The third kappa shape index (κ3) is 1.16. The van der Waals surface area contributed by atoms with E-state index in [2.05, 4.69) is 5.32 Å². The number of ether oxygens (including phenoxy) is 1. The van der Waals surface area contributed by atoms with Gasteiger partial charge in [-0.15, -0.1) is 0 Å². The van der Waals surface area contributed by atoms with Crippen LogP contribution in [0.5, 0.6) is 0 Å². The Balaban J connectivity index is 2.06. The van der Waals surface area contributed by atoms with E-state index in [4.69, 9.17) is 9.84 Å². The zero-order chi connectivity index (χ0) is 9.53. The van der Waals surface area contributed by atoms with Crippen LogP contribution in [-0.2, 0) is 9.53 Å². The van der Waals surface area contributed by atoms with E-state index in [1.54, 1.807) is 7.11 Å². The topological polar surface area (TPSA) is 58.6 Å². The number of hydrogen-bond acceptors (Lipinski definition) is 3. The van der Waals surface area contributed by atoms with Gasteiger partial charge in [-0.1, -0.05) is 0 Å². The minimum absolute atomic E-state index is 0.151. The molecule has 3 rings (SSSR count). The van der Waals surface area contributed by atoms with Crippen molar-refractivity contribution in [2.45, 2.75) is 24.8 Å². The van der Waals surface area contributed by atoms with Crippen molar-refractivity contribution in [3.63, 3.8) is 0 Å². The Bertz CT molecular complexity index is 229. The van der Waals surface area contributed by atoms with Crippen LogP contribution in [0.2, 0.25) is 0 Å². The summed E-state index contributed by atoms with van der Waals surface area (Å²) in [4.78, 5) is 11.0. The zero-order valence-electron chi connectivity index (χ0n) is 7.80. The number of hydrogen-bond donors (Lipinski definition) is 2. The third-order valence-electron chi connectivity index (χ3n) is 3.33. The van der Waals surface area contributed by atoms with Gasteiger partial charge in [-0.25, -0.2) is 0 Å². The molecule has 1 aliphatic carbocycles. The Hall–Kier alpha value is -0.610. The number of fused-ring (bicyclic) bond motifs is 2. The number of aliphatic carboxylic acids is 1. The number of piperidine rings is 2. The highest BCUT2D eigenvalue weighted by molar-refractivity contribution is 5.81. The highest BCUT2D eigenvalue weighted by Crippen LogP contribution is 2.53. The first-order valence-electron chi connectivity index (χ1n) is 4.60. The molecule has 3 fully saturated rings. The van der Waals surface area contributed by atoms with Crippen LogP contribution in [-0.4, -0.2) is 36.9 Å². The molecule has 4 nitrogen and oxygen atoms in total. The fourth-order valence-electron chi connectivity index (χ4n) is 2.80. The molecular weight excluding hydrogens is 170 g/mol. The molecule has 0 unspecified atom stereocenters. The second kappa shape index (κ2) is 2.69. The second-order valence-corrected chi connectivity index (χ2v) is 4.35. The maximum absolute atomic E-state index is 11.0. The molecule has 4 heteroatoms. The minimum atomic E-state index is -0.709. The van der Waals surface area contributed by atoms with Gasteiger partial charge < -0.3 is 15.2 Å². The summed E-state index contributed by atoms with van der Waals surface area (Å²) in [5.41, 5.74) is -0.477. The molecule has 0 aromatic carbocycles. The number of methoxy groups -OCH3 is 1. The summed E-state index contributed by atoms with van der Waals surface area (Å²) < 4.78 is 5.13. The van der Waals surface area contributed by atoms with E-state index in [0.29, 0.717) is 6.61 Å². The average Bonchev–Trinajstić information content (AvgIpc) is 2.03. The van der Waals surface area contributed by atoms with E-state index < -0.39 is 11.5 Å². The van der Waals surface area contributed by atoms with E-state index in [1.165, 1.54) is 0 Å². The van der Waals surface area contributed by atoms with Gasteiger partial charge >= 0.3 is 5.97 Å². The highest BCUT2D eigenvalue weighted by atomic mass is 16.5. The lowest BCUT2D eigenvalue weighted by Crippen LogP contribution is -2.70. The van der Waals surface area contributed by atoms with Crippen LogP contribution < -0.4 is 5.32 Å². The van der Waals surface area contributed by atoms with Gasteiger partial charge in [0.05, 0.1) is 6.61 Å². The largest absolute Gasteiger partial charge is 0.480 e. The van der Waals surface area contributed by atoms with Gasteiger partial charge in [-0.05, 0) is 31.2 Å². The molecule has 2 bridgehead atoms. The molecule has 13 heavy (non-hydrogen) atoms. The average molecular weight is 185 g/mol. The van der Waals surface area contributed by atoms with Crippen LogP contribution in [0.4, 0.5) is 0 Å². The lowest BCUT2D eigenvalue weighted by molar-refractivity contribution is -0.167. The molecule has 0 radical (unpaired) electrons. The molecule has 74 valence electrons. The Kier molecular flexibility index (Phi) is 1.85. The van der Waals surface area contributed by atoms with Crippen molar-refractivity contribution in [1.29, 1.82) is 0 Å². The van der Waals surface area contributed by atoms with Crippen molar-refractivity contribution >= 4 is 5.97 Å². The van der Waals surface area contributed by atoms with Gasteiger partial charge in [0.25, 0.3) is 0 Å². The quantitative estimate of drug-likeness (QED) is 0.660. The zero-order valence-corrected chi connectivity index (χ0v) is 7.80. The fourth-order valence-corrected chi connectivity index (χ4v) is 2.80. The SMILES string of the molecule is COCC12CCNC(C(=O)O)(C1)C2. The lowest BCUT2D eigenvalue weighted by Gasteiger charge is -2.58. The molecule has 0 amide bonds. The molecule has 0 spiro atoms. The van der Waals surface area contributed by atoms with E-state index in [0.717, 1.165) is 25.8 Å². The molecule has 0 aromatic rings. The van der Waals surface area contributed by atoms with Crippen LogP contribution in [0.25, 0.3) is 0 Å². The summed E-state index contributed by atoms with van der Waals surface area (Å²) in [7, 11) is 1.68. The lowest BCUT2D eigenvalue weighted by atomic mass is 9.53. The van der Waals surface area contributed by atoms with Gasteiger partial charge in [0.1, 0.15) is 5.54 Å².